The number of fused-ring (bicyclic) bond motifs is 1. The quantitative estimate of drug-likeness (QED) is 0.515. The molecule has 0 saturated heterocycles. The van der Waals surface area contributed by atoms with Crippen molar-refractivity contribution in [3.63, 3.8) is 0 Å². The molecule has 0 amide bonds. The van der Waals surface area contributed by atoms with E-state index in [1.54, 1.807) is 28.4 Å². The first-order valence-corrected chi connectivity index (χ1v) is 8.29. The van der Waals surface area contributed by atoms with Crippen molar-refractivity contribution < 1.29 is 5.11 Å². The minimum Gasteiger partial charge on any atom is -0.394 e. The highest BCUT2D eigenvalue weighted by atomic mass is 32.1. The summed E-state index contributed by atoms with van der Waals surface area (Å²) in [5, 5.41) is 25.4. The molecule has 0 unspecified atom stereocenters. The molecule has 0 aliphatic carbocycles. The van der Waals surface area contributed by atoms with Crippen LogP contribution >= 0.6 is 11.3 Å². The van der Waals surface area contributed by atoms with Crippen molar-refractivity contribution in [1.29, 1.82) is 0 Å². The zero-order chi connectivity index (χ0) is 16.5. The second-order valence-electron chi connectivity index (χ2n) is 5.38. The molecule has 1 atom stereocenters. The van der Waals surface area contributed by atoms with E-state index in [0.29, 0.717) is 5.95 Å². The maximum atomic E-state index is 9.21. The lowest BCUT2D eigenvalue weighted by atomic mass is 10.2. The van der Waals surface area contributed by atoms with Gasteiger partial charge in [0.1, 0.15) is 0 Å². The Balaban J connectivity index is 1.71. The van der Waals surface area contributed by atoms with Gasteiger partial charge in [0.05, 0.1) is 46.6 Å². The van der Waals surface area contributed by atoms with E-state index in [1.165, 1.54) is 0 Å². The Morgan fingerprint density at radius 3 is 3.08 bits per heavy atom. The van der Waals surface area contributed by atoms with Crippen molar-refractivity contribution in [3.05, 3.63) is 36.2 Å². The third kappa shape index (κ3) is 2.63. The summed E-state index contributed by atoms with van der Waals surface area (Å²) < 4.78 is 2.72. The van der Waals surface area contributed by atoms with Crippen LogP contribution in [0.1, 0.15) is 13.0 Å². The number of rotatable bonds is 5. The highest BCUT2D eigenvalue weighted by Crippen LogP contribution is 2.31. The molecule has 0 bridgehead atoms. The predicted octanol–water partition coefficient (Wildman–Crippen LogP) is 2.57. The van der Waals surface area contributed by atoms with Crippen LogP contribution in [0.5, 0.6) is 0 Å². The van der Waals surface area contributed by atoms with Crippen LogP contribution in [0.15, 0.2) is 36.2 Å². The topological polar surface area (TPSA) is 105 Å². The highest BCUT2D eigenvalue weighted by molar-refractivity contribution is 7.17. The summed E-state index contributed by atoms with van der Waals surface area (Å²) in [6.45, 7) is 1.92. The van der Waals surface area contributed by atoms with Crippen LogP contribution in [0.4, 0.5) is 11.6 Å². The Morgan fingerprint density at radius 2 is 2.29 bits per heavy atom. The average Bonchev–Trinajstić information content (AvgIpc) is 3.34. The molecule has 0 aliphatic rings. The molecule has 0 spiro atoms. The van der Waals surface area contributed by atoms with Crippen LogP contribution in [-0.2, 0) is 0 Å². The molecule has 4 heterocycles. The maximum absolute atomic E-state index is 9.21. The Bertz CT molecular complexity index is 959. The van der Waals surface area contributed by atoms with Gasteiger partial charge in [-0.15, -0.1) is 11.3 Å². The predicted molar refractivity (Wildman–Crippen MR) is 92.3 cm³/mol. The number of hydrogen-bond donors (Lipinski definition) is 3. The third-order valence-corrected chi connectivity index (χ3v) is 4.56. The van der Waals surface area contributed by atoms with Gasteiger partial charge in [0.2, 0.25) is 5.95 Å². The molecule has 4 aromatic heterocycles. The van der Waals surface area contributed by atoms with E-state index >= 15 is 0 Å². The number of aromatic amines is 1. The Morgan fingerprint density at radius 1 is 1.38 bits per heavy atom. The molecular formula is C15H15N7OS. The fraction of sp³-hybridized carbons (Fsp3) is 0.200. The smallest absolute Gasteiger partial charge is 0.228 e. The number of nitrogens with one attached hydrogen (secondary N) is 2. The molecular weight excluding hydrogens is 326 g/mol. The Kier molecular flexibility index (Phi) is 3.71. The SMILES string of the molecule is C[C@H](CO)n1cc(Nc2nc(-c3cn[nH]c3)c3sccc3n2)cn1. The van der Waals surface area contributed by atoms with Gasteiger partial charge in [-0.3, -0.25) is 9.78 Å². The number of aliphatic hydroxyl groups is 1. The summed E-state index contributed by atoms with van der Waals surface area (Å²) >= 11 is 1.60. The maximum Gasteiger partial charge on any atom is 0.228 e. The molecule has 24 heavy (non-hydrogen) atoms. The van der Waals surface area contributed by atoms with Crippen LogP contribution in [0, 0.1) is 0 Å². The van der Waals surface area contributed by atoms with Gasteiger partial charge in [0, 0.05) is 18.0 Å². The first-order valence-electron chi connectivity index (χ1n) is 7.41. The van der Waals surface area contributed by atoms with Gasteiger partial charge < -0.3 is 10.4 Å². The molecule has 0 fully saturated rings. The number of thiophene rings is 1. The largest absolute Gasteiger partial charge is 0.394 e. The first-order chi connectivity index (χ1) is 11.7. The van der Waals surface area contributed by atoms with Crippen molar-refractivity contribution in [2.45, 2.75) is 13.0 Å². The molecule has 4 rings (SSSR count). The van der Waals surface area contributed by atoms with E-state index in [9.17, 15) is 5.11 Å². The van der Waals surface area contributed by atoms with Crippen LogP contribution in [0.25, 0.3) is 21.5 Å². The van der Waals surface area contributed by atoms with Crippen LogP contribution in [0.2, 0.25) is 0 Å². The zero-order valence-corrected chi connectivity index (χ0v) is 13.7. The fourth-order valence-corrected chi connectivity index (χ4v) is 3.19. The standard InChI is InChI=1S/C15H15N7OS/c1-9(8-23)22-7-11(6-18-22)19-15-20-12-2-3-24-14(12)13(21-15)10-4-16-17-5-10/h2-7,9,23H,8H2,1H3,(H,16,17)(H,19,20,21)/t9-/m1/s1. The summed E-state index contributed by atoms with van der Waals surface area (Å²) in [6, 6.07) is 1.88. The van der Waals surface area contributed by atoms with Gasteiger partial charge in [-0.05, 0) is 18.4 Å². The summed E-state index contributed by atoms with van der Waals surface area (Å²) in [4.78, 5) is 9.17. The van der Waals surface area contributed by atoms with Crippen LogP contribution in [0.3, 0.4) is 0 Å². The van der Waals surface area contributed by atoms with Gasteiger partial charge in [-0.2, -0.15) is 10.2 Å². The lowest BCUT2D eigenvalue weighted by Crippen LogP contribution is -2.09. The Labute approximate surface area is 141 Å². The van der Waals surface area contributed by atoms with Gasteiger partial charge >= 0.3 is 0 Å². The molecule has 122 valence electrons. The molecule has 3 N–H and O–H groups in total. The molecule has 0 radical (unpaired) electrons. The minimum atomic E-state index is -0.0812. The first kappa shape index (κ1) is 14.8. The third-order valence-electron chi connectivity index (χ3n) is 3.65. The highest BCUT2D eigenvalue weighted by Gasteiger charge is 2.13. The number of nitrogens with zero attached hydrogens (tertiary/aromatic N) is 5. The number of aliphatic hydroxyl groups excluding tert-OH is 1. The van der Waals surface area contributed by atoms with Crippen molar-refractivity contribution in [2.75, 3.05) is 11.9 Å². The van der Waals surface area contributed by atoms with Gasteiger partial charge in [0.25, 0.3) is 0 Å². The van der Waals surface area contributed by atoms with E-state index in [4.69, 9.17) is 0 Å². The number of H-pyrrole nitrogens is 1. The van der Waals surface area contributed by atoms with E-state index in [1.807, 2.05) is 30.8 Å². The molecule has 0 aromatic carbocycles. The van der Waals surface area contributed by atoms with E-state index in [0.717, 1.165) is 27.2 Å². The molecule has 8 nitrogen and oxygen atoms in total. The van der Waals surface area contributed by atoms with Gasteiger partial charge in [0.15, 0.2) is 0 Å². The Hall–Kier alpha value is -2.78. The summed E-state index contributed by atoms with van der Waals surface area (Å²) in [5.41, 5.74) is 3.40. The van der Waals surface area contributed by atoms with Crippen molar-refractivity contribution in [3.8, 4) is 11.3 Å². The average molecular weight is 341 g/mol. The zero-order valence-electron chi connectivity index (χ0n) is 12.8. The van der Waals surface area contributed by atoms with E-state index in [-0.39, 0.29) is 12.6 Å². The van der Waals surface area contributed by atoms with E-state index < -0.39 is 0 Å². The van der Waals surface area contributed by atoms with Crippen LogP contribution in [-0.4, -0.2) is 41.7 Å². The summed E-state index contributed by atoms with van der Waals surface area (Å²) in [5.74, 6) is 0.494. The van der Waals surface area contributed by atoms with Crippen molar-refractivity contribution >= 4 is 33.2 Å². The van der Waals surface area contributed by atoms with Gasteiger partial charge in [-0.25, -0.2) is 9.97 Å². The van der Waals surface area contributed by atoms with Crippen molar-refractivity contribution in [1.82, 2.24) is 29.9 Å². The lowest BCUT2D eigenvalue weighted by molar-refractivity contribution is 0.230. The molecule has 0 saturated carbocycles. The second-order valence-corrected chi connectivity index (χ2v) is 6.30. The number of anilines is 2. The molecule has 4 aromatic rings. The lowest BCUT2D eigenvalue weighted by Gasteiger charge is -2.07. The fourth-order valence-electron chi connectivity index (χ4n) is 2.35. The van der Waals surface area contributed by atoms with Gasteiger partial charge in [-0.1, -0.05) is 0 Å². The summed E-state index contributed by atoms with van der Waals surface area (Å²) in [7, 11) is 0. The second kappa shape index (κ2) is 6.02. The van der Waals surface area contributed by atoms with E-state index in [2.05, 4.69) is 30.6 Å². The number of hydrogen-bond acceptors (Lipinski definition) is 7. The van der Waals surface area contributed by atoms with Crippen LogP contribution < -0.4 is 5.32 Å². The minimum absolute atomic E-state index is 0.0309. The van der Waals surface area contributed by atoms with Crippen molar-refractivity contribution in [2.24, 2.45) is 0 Å². The molecule has 9 heteroatoms. The normalized spacial score (nSPS) is 12.6. The monoisotopic (exact) mass is 341 g/mol. The number of aromatic nitrogens is 6. The molecule has 0 aliphatic heterocycles. The summed E-state index contributed by atoms with van der Waals surface area (Å²) in [6.07, 6.45) is 7.06.